The smallest absolute Gasteiger partial charge is 0.128 e. The first-order valence-corrected chi connectivity index (χ1v) is 6.92. The summed E-state index contributed by atoms with van der Waals surface area (Å²) in [5, 5.41) is 7.19. The van der Waals surface area contributed by atoms with Crippen LogP contribution in [-0.4, -0.2) is 24.3 Å². The van der Waals surface area contributed by atoms with Crippen molar-refractivity contribution in [3.05, 3.63) is 23.9 Å². The molecule has 1 heterocycles. The third kappa shape index (κ3) is 4.47. The second kappa shape index (κ2) is 7.85. The molecule has 0 amide bonds. The van der Waals surface area contributed by atoms with Crippen LogP contribution in [0.3, 0.4) is 0 Å². The topological polar surface area (TPSA) is 40.0 Å². The second-order valence-corrected chi connectivity index (χ2v) is 4.88. The molecule has 1 rings (SSSR count). The Hall–Kier alpha value is -1.38. The van der Waals surface area contributed by atoms with Crippen molar-refractivity contribution < 1.29 is 0 Å². The summed E-state index contributed by atoms with van der Waals surface area (Å²) in [7, 11) is 0. The number of rotatable bonds is 8. The van der Waals surface area contributed by atoms with E-state index < -0.39 is 0 Å². The molecule has 0 bridgehead atoms. The Morgan fingerprint density at radius 3 is 2.61 bits per heavy atom. The van der Waals surface area contributed by atoms with E-state index in [0.29, 0.717) is 0 Å². The van der Waals surface area contributed by atoms with Crippen LogP contribution < -0.4 is 4.90 Å². The Kier molecular flexibility index (Phi) is 6.40. The molecular formula is C15H25N3. The summed E-state index contributed by atoms with van der Waals surface area (Å²) in [6, 6.07) is 3.98. The third-order valence-corrected chi connectivity index (χ3v) is 3.34. The molecule has 0 aliphatic heterocycles. The molecule has 1 N–H and O–H groups in total. The zero-order valence-electron chi connectivity index (χ0n) is 11.8. The highest BCUT2D eigenvalue weighted by atomic mass is 15.2. The van der Waals surface area contributed by atoms with E-state index in [2.05, 4.69) is 30.7 Å². The molecule has 0 aliphatic carbocycles. The normalized spacial score (nSPS) is 12.2. The number of nitrogens with zero attached hydrogens (tertiary/aromatic N) is 2. The van der Waals surface area contributed by atoms with Crippen molar-refractivity contribution in [2.24, 2.45) is 5.92 Å². The van der Waals surface area contributed by atoms with Gasteiger partial charge >= 0.3 is 0 Å². The summed E-state index contributed by atoms with van der Waals surface area (Å²) in [6.45, 7) is 8.86. The SMILES string of the molecule is CCCN(CCC(C)CC)c1ccc(C=N)cn1. The van der Waals surface area contributed by atoms with Crippen LogP contribution in [0.2, 0.25) is 0 Å². The lowest BCUT2D eigenvalue weighted by Gasteiger charge is -2.24. The highest BCUT2D eigenvalue weighted by Gasteiger charge is 2.08. The Morgan fingerprint density at radius 2 is 2.11 bits per heavy atom. The van der Waals surface area contributed by atoms with E-state index in [1.165, 1.54) is 19.1 Å². The average molecular weight is 247 g/mol. The number of hydrogen-bond donors (Lipinski definition) is 1. The van der Waals surface area contributed by atoms with Gasteiger partial charge in [-0.1, -0.05) is 27.2 Å². The second-order valence-electron chi connectivity index (χ2n) is 4.88. The van der Waals surface area contributed by atoms with Crippen LogP contribution in [0.25, 0.3) is 0 Å². The molecule has 1 aromatic rings. The zero-order valence-corrected chi connectivity index (χ0v) is 11.8. The summed E-state index contributed by atoms with van der Waals surface area (Å²) < 4.78 is 0. The molecular weight excluding hydrogens is 222 g/mol. The summed E-state index contributed by atoms with van der Waals surface area (Å²) in [5.74, 6) is 1.80. The number of anilines is 1. The van der Waals surface area contributed by atoms with Crippen molar-refractivity contribution in [2.75, 3.05) is 18.0 Å². The van der Waals surface area contributed by atoms with Gasteiger partial charge < -0.3 is 10.3 Å². The number of nitrogens with one attached hydrogen (secondary N) is 1. The summed E-state index contributed by atoms with van der Waals surface area (Å²) in [4.78, 5) is 6.79. The van der Waals surface area contributed by atoms with Crippen LogP contribution >= 0.6 is 0 Å². The van der Waals surface area contributed by atoms with Gasteiger partial charge in [0.05, 0.1) is 0 Å². The molecule has 0 radical (unpaired) electrons. The van der Waals surface area contributed by atoms with Gasteiger partial charge in [0.1, 0.15) is 5.82 Å². The van der Waals surface area contributed by atoms with Gasteiger partial charge in [0.15, 0.2) is 0 Å². The van der Waals surface area contributed by atoms with Gasteiger partial charge in [-0.3, -0.25) is 0 Å². The van der Waals surface area contributed by atoms with Gasteiger partial charge in [0.25, 0.3) is 0 Å². The van der Waals surface area contributed by atoms with Gasteiger partial charge in [-0.2, -0.15) is 0 Å². The molecule has 1 aromatic heterocycles. The minimum Gasteiger partial charge on any atom is -0.357 e. The van der Waals surface area contributed by atoms with E-state index in [1.807, 2.05) is 12.1 Å². The average Bonchev–Trinajstić information content (AvgIpc) is 2.43. The first-order chi connectivity index (χ1) is 8.71. The number of pyridine rings is 1. The fourth-order valence-electron chi connectivity index (χ4n) is 1.86. The van der Waals surface area contributed by atoms with E-state index in [-0.39, 0.29) is 0 Å². The minimum absolute atomic E-state index is 0.769. The molecule has 0 aromatic carbocycles. The first-order valence-electron chi connectivity index (χ1n) is 6.92. The first kappa shape index (κ1) is 14.7. The quantitative estimate of drug-likeness (QED) is 0.711. The monoisotopic (exact) mass is 247 g/mol. The molecule has 1 atom stereocenters. The van der Waals surface area contributed by atoms with Crippen molar-refractivity contribution in [3.8, 4) is 0 Å². The van der Waals surface area contributed by atoms with Gasteiger partial charge in [0, 0.05) is 31.1 Å². The molecule has 100 valence electrons. The highest BCUT2D eigenvalue weighted by Crippen LogP contribution is 2.15. The third-order valence-electron chi connectivity index (χ3n) is 3.34. The van der Waals surface area contributed by atoms with Crippen LogP contribution in [0.1, 0.15) is 45.6 Å². The Morgan fingerprint density at radius 1 is 1.33 bits per heavy atom. The fourth-order valence-corrected chi connectivity index (χ4v) is 1.86. The zero-order chi connectivity index (χ0) is 13.4. The predicted octanol–water partition coefficient (Wildman–Crippen LogP) is 3.73. The Bertz CT molecular complexity index is 345. The van der Waals surface area contributed by atoms with Gasteiger partial charge in [-0.25, -0.2) is 4.98 Å². The van der Waals surface area contributed by atoms with Crippen molar-refractivity contribution >= 4 is 12.0 Å². The lowest BCUT2D eigenvalue weighted by Crippen LogP contribution is -2.27. The molecule has 1 unspecified atom stereocenters. The molecule has 0 spiro atoms. The van der Waals surface area contributed by atoms with E-state index in [4.69, 9.17) is 5.41 Å². The molecule has 0 fully saturated rings. The van der Waals surface area contributed by atoms with Crippen molar-refractivity contribution in [1.82, 2.24) is 4.98 Å². The maximum absolute atomic E-state index is 7.19. The lowest BCUT2D eigenvalue weighted by atomic mass is 10.1. The van der Waals surface area contributed by atoms with E-state index in [0.717, 1.165) is 36.8 Å². The fraction of sp³-hybridized carbons (Fsp3) is 0.600. The lowest BCUT2D eigenvalue weighted by molar-refractivity contribution is 0.509. The molecule has 0 aliphatic rings. The predicted molar refractivity (Wildman–Crippen MR) is 78.7 cm³/mol. The summed E-state index contributed by atoms with van der Waals surface area (Å²) in [6.07, 6.45) is 6.69. The van der Waals surface area contributed by atoms with Crippen LogP contribution in [-0.2, 0) is 0 Å². The van der Waals surface area contributed by atoms with E-state index in [9.17, 15) is 0 Å². The van der Waals surface area contributed by atoms with Crippen molar-refractivity contribution in [2.45, 2.75) is 40.0 Å². The van der Waals surface area contributed by atoms with Crippen molar-refractivity contribution in [3.63, 3.8) is 0 Å². The van der Waals surface area contributed by atoms with E-state index in [1.54, 1.807) is 6.20 Å². The molecule has 18 heavy (non-hydrogen) atoms. The van der Waals surface area contributed by atoms with Gasteiger partial charge in [-0.05, 0) is 30.9 Å². The van der Waals surface area contributed by atoms with Gasteiger partial charge in [0.2, 0.25) is 0 Å². The van der Waals surface area contributed by atoms with Crippen LogP contribution in [0.15, 0.2) is 18.3 Å². The largest absolute Gasteiger partial charge is 0.357 e. The highest BCUT2D eigenvalue weighted by molar-refractivity contribution is 5.76. The Labute approximate surface area is 111 Å². The molecule has 3 nitrogen and oxygen atoms in total. The van der Waals surface area contributed by atoms with Crippen molar-refractivity contribution in [1.29, 1.82) is 5.41 Å². The maximum atomic E-state index is 7.19. The Balaban J connectivity index is 2.66. The van der Waals surface area contributed by atoms with Gasteiger partial charge in [-0.15, -0.1) is 0 Å². The van der Waals surface area contributed by atoms with E-state index >= 15 is 0 Å². The van der Waals surface area contributed by atoms with Crippen LogP contribution in [0, 0.1) is 11.3 Å². The number of hydrogen-bond acceptors (Lipinski definition) is 3. The summed E-state index contributed by atoms with van der Waals surface area (Å²) >= 11 is 0. The van der Waals surface area contributed by atoms with Crippen LogP contribution in [0.5, 0.6) is 0 Å². The maximum Gasteiger partial charge on any atom is 0.128 e. The molecule has 3 heteroatoms. The molecule has 0 saturated carbocycles. The standard InChI is InChI=1S/C15H25N3/c1-4-9-18(10-8-13(3)5-2)15-7-6-14(11-16)12-17-15/h6-7,11-13,16H,4-5,8-10H2,1-3H3. The number of aromatic nitrogens is 1. The summed E-state index contributed by atoms with van der Waals surface area (Å²) in [5.41, 5.74) is 0.858. The minimum atomic E-state index is 0.769. The van der Waals surface area contributed by atoms with Crippen LogP contribution in [0.4, 0.5) is 5.82 Å². The molecule has 0 saturated heterocycles.